The monoisotopic (exact) mass is 357 g/mol. The number of benzene rings is 1. The lowest BCUT2D eigenvalue weighted by molar-refractivity contribution is -0.128. The van der Waals surface area contributed by atoms with Crippen molar-refractivity contribution in [1.82, 2.24) is 15.5 Å². The first-order valence-electron chi connectivity index (χ1n) is 9.17. The Balaban J connectivity index is 1.93. The van der Waals surface area contributed by atoms with Gasteiger partial charge in [0.2, 0.25) is 5.91 Å². The zero-order valence-electron chi connectivity index (χ0n) is 15.1. The summed E-state index contributed by atoms with van der Waals surface area (Å²) in [7, 11) is 0. The van der Waals surface area contributed by atoms with Crippen molar-refractivity contribution >= 4 is 11.9 Å². The lowest BCUT2D eigenvalue weighted by Gasteiger charge is -2.49. The topological polar surface area (TPSA) is 81.7 Å². The van der Waals surface area contributed by atoms with Crippen LogP contribution in [0.5, 0.6) is 0 Å². The molecule has 3 rings (SSSR count). The Morgan fingerprint density at radius 1 is 1.35 bits per heavy atom. The maximum Gasteiger partial charge on any atom is 0.318 e. The molecule has 2 fully saturated rings. The maximum atomic E-state index is 12.7. The molecule has 3 N–H and O–H groups in total. The molecule has 0 radical (unpaired) electrons. The third-order valence-electron chi connectivity index (χ3n) is 5.23. The van der Waals surface area contributed by atoms with Crippen LogP contribution >= 0.6 is 0 Å². The second-order valence-corrected chi connectivity index (χ2v) is 7.39. The lowest BCUT2D eigenvalue weighted by Crippen LogP contribution is -2.64. The van der Waals surface area contributed by atoms with Gasteiger partial charge in [-0.15, -0.1) is 6.58 Å². The second-order valence-electron chi connectivity index (χ2n) is 7.39. The van der Waals surface area contributed by atoms with E-state index in [1.54, 1.807) is 17.9 Å². The number of likely N-dealkylation sites (tertiary alicyclic amines) is 1. The van der Waals surface area contributed by atoms with E-state index in [4.69, 9.17) is 0 Å². The summed E-state index contributed by atoms with van der Waals surface area (Å²) in [6.45, 7) is 6.14. The third kappa shape index (κ3) is 3.90. The van der Waals surface area contributed by atoms with Gasteiger partial charge in [-0.3, -0.25) is 4.79 Å². The summed E-state index contributed by atoms with van der Waals surface area (Å²) in [5, 5.41) is 16.8. The molecule has 0 spiro atoms. The van der Waals surface area contributed by atoms with Crippen molar-refractivity contribution in [2.45, 2.75) is 43.9 Å². The van der Waals surface area contributed by atoms with Gasteiger partial charge in [0, 0.05) is 19.0 Å². The quantitative estimate of drug-likeness (QED) is 0.705. The number of nitrogens with zero attached hydrogens (tertiary/aromatic N) is 1. The van der Waals surface area contributed by atoms with Crippen molar-refractivity contribution < 1.29 is 14.7 Å². The highest BCUT2D eigenvalue weighted by atomic mass is 16.3. The van der Waals surface area contributed by atoms with Crippen LogP contribution in [0.1, 0.15) is 37.8 Å². The van der Waals surface area contributed by atoms with Crippen molar-refractivity contribution in [1.29, 1.82) is 0 Å². The van der Waals surface area contributed by atoms with Gasteiger partial charge in [0.25, 0.3) is 0 Å². The van der Waals surface area contributed by atoms with Crippen molar-refractivity contribution in [2.75, 3.05) is 13.1 Å². The van der Waals surface area contributed by atoms with E-state index in [2.05, 4.69) is 17.2 Å². The van der Waals surface area contributed by atoms with Crippen LogP contribution in [-0.4, -0.2) is 46.7 Å². The maximum absolute atomic E-state index is 12.7. The smallest absolute Gasteiger partial charge is 0.318 e. The van der Waals surface area contributed by atoms with Gasteiger partial charge < -0.3 is 20.6 Å². The number of hydrogen-bond donors (Lipinski definition) is 3. The van der Waals surface area contributed by atoms with Gasteiger partial charge in [-0.2, -0.15) is 0 Å². The van der Waals surface area contributed by atoms with Crippen LogP contribution in [0.4, 0.5) is 4.79 Å². The number of nitrogens with one attached hydrogen (secondary N) is 2. The molecule has 3 amide bonds. The zero-order chi connectivity index (χ0) is 18.7. The van der Waals surface area contributed by atoms with E-state index in [9.17, 15) is 14.7 Å². The predicted molar refractivity (Wildman–Crippen MR) is 99.4 cm³/mol. The molecule has 1 aromatic rings. The standard InChI is InChI=1S/C20H27N3O3/c1-3-12-21-19(25)23-13-11-20(2,26)17(22-18(24)15-9-10-15)16(23)14-7-5-4-6-8-14/h3-8,15-17,26H,1,9-13H2,2H3,(H,21,25)(H,22,24). The van der Waals surface area contributed by atoms with E-state index in [0.29, 0.717) is 19.5 Å². The molecule has 1 aliphatic carbocycles. The summed E-state index contributed by atoms with van der Waals surface area (Å²) in [6.07, 6.45) is 3.80. The average Bonchev–Trinajstić information content (AvgIpc) is 3.47. The summed E-state index contributed by atoms with van der Waals surface area (Å²) in [6, 6.07) is 8.33. The van der Waals surface area contributed by atoms with E-state index < -0.39 is 17.7 Å². The van der Waals surface area contributed by atoms with Gasteiger partial charge >= 0.3 is 6.03 Å². The van der Waals surface area contributed by atoms with Crippen molar-refractivity contribution in [3.8, 4) is 0 Å². The van der Waals surface area contributed by atoms with E-state index in [-0.39, 0.29) is 17.9 Å². The fraction of sp³-hybridized carbons (Fsp3) is 0.500. The normalized spacial score (nSPS) is 28.3. The summed E-state index contributed by atoms with van der Waals surface area (Å²) in [4.78, 5) is 26.8. The molecule has 1 heterocycles. The van der Waals surface area contributed by atoms with Crippen LogP contribution < -0.4 is 10.6 Å². The SMILES string of the molecule is C=CCNC(=O)N1CCC(C)(O)C(NC(=O)C2CC2)C1c1ccccc1. The predicted octanol–water partition coefficient (Wildman–Crippen LogP) is 1.97. The Bertz CT molecular complexity index is 670. The molecular formula is C20H27N3O3. The highest BCUT2D eigenvalue weighted by molar-refractivity contribution is 5.82. The largest absolute Gasteiger partial charge is 0.388 e. The van der Waals surface area contributed by atoms with Crippen LogP contribution in [0.2, 0.25) is 0 Å². The molecular weight excluding hydrogens is 330 g/mol. The van der Waals surface area contributed by atoms with E-state index in [0.717, 1.165) is 18.4 Å². The van der Waals surface area contributed by atoms with Crippen LogP contribution in [0.15, 0.2) is 43.0 Å². The first-order chi connectivity index (χ1) is 12.4. The van der Waals surface area contributed by atoms with Gasteiger partial charge in [-0.25, -0.2) is 4.79 Å². The van der Waals surface area contributed by atoms with E-state index >= 15 is 0 Å². The van der Waals surface area contributed by atoms with Crippen LogP contribution in [0, 0.1) is 5.92 Å². The first-order valence-corrected chi connectivity index (χ1v) is 9.17. The molecule has 0 bridgehead atoms. The molecule has 1 aromatic carbocycles. The van der Waals surface area contributed by atoms with Crippen molar-refractivity contribution in [2.24, 2.45) is 5.92 Å². The Morgan fingerprint density at radius 2 is 2.04 bits per heavy atom. The number of amides is 3. The van der Waals surface area contributed by atoms with Crippen LogP contribution in [-0.2, 0) is 4.79 Å². The molecule has 3 unspecified atom stereocenters. The molecule has 6 nitrogen and oxygen atoms in total. The molecule has 2 aliphatic rings. The summed E-state index contributed by atoms with van der Waals surface area (Å²) in [5.41, 5.74) is -0.206. The molecule has 1 saturated heterocycles. The van der Waals surface area contributed by atoms with Gasteiger partial charge in [0.05, 0.1) is 17.7 Å². The average molecular weight is 357 g/mol. The number of rotatable bonds is 5. The summed E-state index contributed by atoms with van der Waals surface area (Å²) in [5.74, 6) is -0.00301. The number of piperidine rings is 1. The third-order valence-corrected chi connectivity index (χ3v) is 5.23. The minimum absolute atomic E-state index is 0.0344. The van der Waals surface area contributed by atoms with E-state index in [1.165, 1.54) is 0 Å². The van der Waals surface area contributed by atoms with Gasteiger partial charge in [-0.1, -0.05) is 36.4 Å². The second kappa shape index (κ2) is 7.50. The minimum Gasteiger partial charge on any atom is -0.388 e. The molecule has 3 atom stereocenters. The summed E-state index contributed by atoms with van der Waals surface area (Å²) < 4.78 is 0. The molecule has 0 aromatic heterocycles. The fourth-order valence-electron chi connectivity index (χ4n) is 3.52. The Morgan fingerprint density at radius 3 is 2.65 bits per heavy atom. The van der Waals surface area contributed by atoms with Gasteiger partial charge in [0.1, 0.15) is 0 Å². The molecule has 26 heavy (non-hydrogen) atoms. The number of aliphatic hydroxyl groups is 1. The van der Waals surface area contributed by atoms with E-state index in [1.807, 2.05) is 30.3 Å². The Hall–Kier alpha value is -2.34. The minimum atomic E-state index is -1.10. The number of hydrogen-bond acceptors (Lipinski definition) is 3. The zero-order valence-corrected chi connectivity index (χ0v) is 15.1. The summed E-state index contributed by atoms with van der Waals surface area (Å²) >= 11 is 0. The highest BCUT2D eigenvalue weighted by Crippen LogP contribution is 2.38. The fourth-order valence-corrected chi connectivity index (χ4v) is 3.52. The Labute approximate surface area is 154 Å². The molecule has 1 saturated carbocycles. The van der Waals surface area contributed by atoms with Crippen LogP contribution in [0.25, 0.3) is 0 Å². The van der Waals surface area contributed by atoms with Crippen molar-refractivity contribution in [3.63, 3.8) is 0 Å². The molecule has 1 aliphatic heterocycles. The number of carbonyl (C=O) groups is 2. The van der Waals surface area contributed by atoms with Crippen molar-refractivity contribution in [3.05, 3.63) is 48.6 Å². The van der Waals surface area contributed by atoms with Crippen LogP contribution in [0.3, 0.4) is 0 Å². The lowest BCUT2D eigenvalue weighted by atomic mass is 9.79. The van der Waals surface area contributed by atoms with Gasteiger partial charge in [-0.05, 0) is 31.7 Å². The Kier molecular flexibility index (Phi) is 5.32. The highest BCUT2D eigenvalue weighted by Gasteiger charge is 2.48. The molecule has 140 valence electrons. The van der Waals surface area contributed by atoms with Gasteiger partial charge in [0.15, 0.2) is 0 Å². The molecule has 6 heteroatoms. The first kappa shape index (κ1) is 18.5. The number of urea groups is 1. The number of carbonyl (C=O) groups excluding carboxylic acids is 2.